The molecule has 0 atom stereocenters. The molecule has 0 fully saturated rings. The van der Waals surface area contributed by atoms with Crippen LogP contribution in [0.2, 0.25) is 0 Å². The van der Waals surface area contributed by atoms with Gasteiger partial charge in [-0.3, -0.25) is 4.79 Å². The first-order chi connectivity index (χ1) is 8.36. The lowest BCUT2D eigenvalue weighted by atomic mass is 9.84. The Morgan fingerprint density at radius 2 is 2.00 bits per heavy atom. The van der Waals surface area contributed by atoms with Crippen molar-refractivity contribution in [3.05, 3.63) is 35.4 Å². The molecule has 0 aliphatic carbocycles. The molecule has 1 N–H and O–H groups in total. The van der Waals surface area contributed by atoms with Crippen LogP contribution in [-0.2, 0) is 14.9 Å². The van der Waals surface area contributed by atoms with Crippen LogP contribution in [-0.4, -0.2) is 26.2 Å². The lowest BCUT2D eigenvalue weighted by Crippen LogP contribution is -2.36. The van der Waals surface area contributed by atoms with Gasteiger partial charge in [0.25, 0.3) is 0 Å². The first-order valence-corrected chi connectivity index (χ1v) is 5.60. The first kappa shape index (κ1) is 14.6. The normalized spacial score (nSPS) is 11.4. The van der Waals surface area contributed by atoms with Crippen molar-refractivity contribution in [3.63, 3.8) is 0 Å². The molecule has 1 aromatic carbocycles. The Kier molecular flexibility index (Phi) is 4.78. The van der Waals surface area contributed by atoms with Gasteiger partial charge in [-0.1, -0.05) is 19.9 Å². The molecule has 0 aliphatic heterocycles. The molecule has 0 aliphatic rings. The van der Waals surface area contributed by atoms with E-state index in [2.05, 4.69) is 10.1 Å². The summed E-state index contributed by atoms with van der Waals surface area (Å²) in [4.78, 5) is 10.9. The molecule has 1 aromatic rings. The van der Waals surface area contributed by atoms with E-state index in [1.807, 2.05) is 13.8 Å². The lowest BCUT2D eigenvalue weighted by molar-refractivity contribution is -0.139. The third-order valence-corrected chi connectivity index (χ3v) is 2.77. The highest BCUT2D eigenvalue weighted by Gasteiger charge is 2.22. The van der Waals surface area contributed by atoms with Crippen LogP contribution < -0.4 is 5.32 Å². The fourth-order valence-corrected chi connectivity index (χ4v) is 1.57. The van der Waals surface area contributed by atoms with Gasteiger partial charge in [0.1, 0.15) is 0 Å². The van der Waals surface area contributed by atoms with Crippen molar-refractivity contribution in [2.24, 2.45) is 0 Å². The summed E-state index contributed by atoms with van der Waals surface area (Å²) in [5.41, 5.74) is 0.251. The zero-order chi connectivity index (χ0) is 13.8. The van der Waals surface area contributed by atoms with E-state index < -0.39 is 17.0 Å². The molecule has 0 saturated carbocycles. The molecule has 0 bridgehead atoms. The van der Waals surface area contributed by atoms with E-state index in [1.165, 1.54) is 19.2 Å². The molecule has 0 unspecified atom stereocenters. The minimum Gasteiger partial charge on any atom is -0.468 e. The van der Waals surface area contributed by atoms with E-state index in [9.17, 15) is 13.6 Å². The molecule has 0 spiro atoms. The van der Waals surface area contributed by atoms with Gasteiger partial charge in [-0.25, -0.2) is 8.78 Å². The Bertz CT molecular complexity index is 433. The van der Waals surface area contributed by atoms with Crippen LogP contribution in [0.5, 0.6) is 0 Å². The second-order valence-corrected chi connectivity index (χ2v) is 4.69. The quantitative estimate of drug-likeness (QED) is 0.820. The summed E-state index contributed by atoms with van der Waals surface area (Å²) in [5.74, 6) is -2.10. The highest BCUT2D eigenvalue weighted by atomic mass is 19.2. The number of rotatable bonds is 5. The Morgan fingerprint density at radius 3 is 2.56 bits per heavy atom. The summed E-state index contributed by atoms with van der Waals surface area (Å²) in [5, 5.41) is 2.92. The molecule has 1 rings (SSSR count). The van der Waals surface area contributed by atoms with Gasteiger partial charge in [-0.2, -0.15) is 0 Å². The second kappa shape index (κ2) is 5.91. The smallest absolute Gasteiger partial charge is 0.319 e. The molecule has 0 heterocycles. The molecule has 18 heavy (non-hydrogen) atoms. The summed E-state index contributed by atoms with van der Waals surface area (Å²) in [7, 11) is 1.31. The number of hydrogen-bond donors (Lipinski definition) is 1. The van der Waals surface area contributed by atoms with E-state index in [0.717, 1.165) is 6.07 Å². The summed E-state index contributed by atoms with van der Waals surface area (Å²) in [6, 6.07) is 3.82. The molecular weight excluding hydrogens is 240 g/mol. The van der Waals surface area contributed by atoms with E-state index in [1.54, 1.807) is 0 Å². The van der Waals surface area contributed by atoms with Crippen LogP contribution in [0.3, 0.4) is 0 Å². The van der Waals surface area contributed by atoms with Gasteiger partial charge in [0.05, 0.1) is 13.7 Å². The molecule has 0 aromatic heterocycles. The Labute approximate surface area is 105 Å². The van der Waals surface area contributed by atoms with Gasteiger partial charge in [-0.15, -0.1) is 0 Å². The highest BCUT2D eigenvalue weighted by molar-refractivity contribution is 5.71. The molecule has 5 heteroatoms. The number of nitrogens with one attached hydrogen (secondary N) is 1. The van der Waals surface area contributed by atoms with Gasteiger partial charge >= 0.3 is 5.97 Å². The Morgan fingerprint density at radius 1 is 1.33 bits per heavy atom. The van der Waals surface area contributed by atoms with E-state index in [-0.39, 0.29) is 12.5 Å². The van der Waals surface area contributed by atoms with Crippen molar-refractivity contribution in [2.45, 2.75) is 19.3 Å². The van der Waals surface area contributed by atoms with E-state index >= 15 is 0 Å². The van der Waals surface area contributed by atoms with Crippen LogP contribution in [0, 0.1) is 11.6 Å². The van der Waals surface area contributed by atoms with E-state index in [0.29, 0.717) is 12.1 Å². The third kappa shape index (κ3) is 3.77. The number of carbonyl (C=O) groups excluding carboxylic acids is 1. The first-order valence-electron chi connectivity index (χ1n) is 5.60. The van der Waals surface area contributed by atoms with Crippen LogP contribution in [0.15, 0.2) is 18.2 Å². The number of ether oxygens (including phenoxy) is 1. The van der Waals surface area contributed by atoms with Crippen molar-refractivity contribution < 1.29 is 18.3 Å². The van der Waals surface area contributed by atoms with Gasteiger partial charge in [0.2, 0.25) is 0 Å². The number of halogens is 2. The summed E-state index contributed by atoms with van der Waals surface area (Å²) < 4.78 is 30.5. The van der Waals surface area contributed by atoms with Crippen LogP contribution in [0.1, 0.15) is 19.4 Å². The molecule has 0 radical (unpaired) electrons. The van der Waals surface area contributed by atoms with Gasteiger partial charge in [-0.05, 0) is 17.7 Å². The number of hydrogen-bond acceptors (Lipinski definition) is 3. The average molecular weight is 257 g/mol. The molecular formula is C13H17F2NO2. The highest BCUT2D eigenvalue weighted by Crippen LogP contribution is 2.23. The summed E-state index contributed by atoms with van der Waals surface area (Å²) >= 11 is 0. The largest absolute Gasteiger partial charge is 0.468 e. The average Bonchev–Trinajstić information content (AvgIpc) is 2.32. The van der Waals surface area contributed by atoms with Crippen LogP contribution in [0.4, 0.5) is 8.78 Å². The third-order valence-electron chi connectivity index (χ3n) is 2.77. The van der Waals surface area contributed by atoms with Crippen molar-refractivity contribution in [3.8, 4) is 0 Å². The maximum absolute atomic E-state index is 13.1. The molecule has 0 saturated heterocycles. The van der Waals surface area contributed by atoms with Gasteiger partial charge < -0.3 is 10.1 Å². The van der Waals surface area contributed by atoms with Gasteiger partial charge in [0.15, 0.2) is 11.6 Å². The Balaban J connectivity index is 2.67. The maximum atomic E-state index is 13.1. The van der Waals surface area contributed by atoms with Crippen molar-refractivity contribution >= 4 is 5.97 Å². The topological polar surface area (TPSA) is 38.3 Å². The second-order valence-electron chi connectivity index (χ2n) is 4.69. The SMILES string of the molecule is COC(=O)CNCC(C)(C)c1ccc(F)c(F)c1. The van der Waals surface area contributed by atoms with Crippen LogP contribution in [0.25, 0.3) is 0 Å². The minimum absolute atomic E-state index is 0.0869. The number of methoxy groups -OCH3 is 1. The van der Waals surface area contributed by atoms with Crippen molar-refractivity contribution in [1.82, 2.24) is 5.32 Å². The fourth-order valence-electron chi connectivity index (χ4n) is 1.57. The van der Waals surface area contributed by atoms with Crippen LogP contribution >= 0.6 is 0 Å². The molecule has 0 amide bonds. The zero-order valence-corrected chi connectivity index (χ0v) is 10.7. The monoisotopic (exact) mass is 257 g/mol. The number of esters is 1. The number of benzene rings is 1. The van der Waals surface area contributed by atoms with E-state index in [4.69, 9.17) is 0 Å². The van der Waals surface area contributed by atoms with Crippen molar-refractivity contribution in [2.75, 3.05) is 20.2 Å². The summed E-state index contributed by atoms with van der Waals surface area (Å²) in [6.07, 6.45) is 0. The zero-order valence-electron chi connectivity index (χ0n) is 10.7. The maximum Gasteiger partial charge on any atom is 0.319 e. The lowest BCUT2D eigenvalue weighted by Gasteiger charge is -2.25. The predicted molar refractivity (Wildman–Crippen MR) is 64.3 cm³/mol. The molecule has 100 valence electrons. The van der Waals surface area contributed by atoms with Gasteiger partial charge in [0, 0.05) is 12.0 Å². The summed E-state index contributed by atoms with van der Waals surface area (Å²) in [6.45, 7) is 4.30. The number of carbonyl (C=O) groups is 1. The fraction of sp³-hybridized carbons (Fsp3) is 0.462. The molecule has 3 nitrogen and oxygen atoms in total. The predicted octanol–water partition coefficient (Wildman–Crippen LogP) is 2.00. The minimum atomic E-state index is -0.867. The standard InChI is InChI=1S/C13H17F2NO2/c1-13(2,8-16-7-12(17)18-3)9-4-5-10(14)11(15)6-9/h4-6,16H,7-8H2,1-3H3. The Hall–Kier alpha value is -1.49. The van der Waals surface area contributed by atoms with Crippen molar-refractivity contribution in [1.29, 1.82) is 0 Å².